The molecule has 15 heteroatoms. The minimum absolute atomic E-state index is 0.0317. The number of nitrogens with one attached hydrogen (secondary N) is 2. The Hall–Kier alpha value is -4.31. The van der Waals surface area contributed by atoms with Crippen molar-refractivity contribution in [1.82, 2.24) is 10.9 Å². The van der Waals surface area contributed by atoms with Crippen LogP contribution in [0.25, 0.3) is 0 Å². The number of carbonyl (C=O) groups excluding carboxylic acids is 1. The van der Waals surface area contributed by atoms with Crippen LogP contribution in [0.3, 0.4) is 0 Å². The Morgan fingerprint density at radius 2 is 1.70 bits per heavy atom. The second kappa shape index (κ2) is 15.7. The van der Waals surface area contributed by atoms with Gasteiger partial charge in [0, 0.05) is 36.0 Å². The topological polar surface area (TPSA) is 126 Å². The van der Waals surface area contributed by atoms with Gasteiger partial charge in [0.2, 0.25) is 5.90 Å². The summed E-state index contributed by atoms with van der Waals surface area (Å²) >= 11 is 3.39. The number of amides is 1. The first-order chi connectivity index (χ1) is 23.8. The van der Waals surface area contributed by atoms with E-state index in [2.05, 4.69) is 26.8 Å². The van der Waals surface area contributed by atoms with Gasteiger partial charge in [0.05, 0.1) is 22.8 Å². The van der Waals surface area contributed by atoms with Crippen molar-refractivity contribution < 1.29 is 45.4 Å². The van der Waals surface area contributed by atoms with Gasteiger partial charge in [-0.2, -0.15) is 13.2 Å². The Kier molecular flexibility index (Phi) is 11.6. The summed E-state index contributed by atoms with van der Waals surface area (Å²) < 4.78 is 93.6. The molecule has 0 saturated carbocycles. The molecule has 50 heavy (non-hydrogen) atoms. The Labute approximate surface area is 294 Å². The van der Waals surface area contributed by atoms with Crippen molar-refractivity contribution in [1.29, 1.82) is 0 Å². The largest absolute Gasteiger partial charge is 0.494 e. The fourth-order valence-corrected chi connectivity index (χ4v) is 6.95. The number of alkyl halides is 3. The van der Waals surface area contributed by atoms with Crippen LogP contribution < -0.4 is 15.6 Å². The number of aliphatic hydroxyl groups is 1. The smallest absolute Gasteiger partial charge is 0.416 e. The lowest BCUT2D eigenvalue weighted by Crippen LogP contribution is -2.53. The highest BCUT2D eigenvalue weighted by molar-refractivity contribution is 9.10. The van der Waals surface area contributed by atoms with Crippen LogP contribution >= 0.6 is 15.9 Å². The molecule has 1 amide bonds. The molecule has 4 aromatic rings. The molecular formula is C35H32BrF4N3O6S. The molecule has 9 nitrogen and oxygen atoms in total. The van der Waals surface area contributed by atoms with Crippen LogP contribution in [0.1, 0.15) is 41.2 Å². The summed E-state index contributed by atoms with van der Waals surface area (Å²) in [5.74, 6) is -1.91. The standard InChI is InChI=1S/C35H32BrF4N3O6S/c36-27-11-7-24(8-12-27)31-34(15-18-50(46,47)30-5-2-1-3-6-30,42-32(49-31)25-9-13-29(14-10-25)48-17-4-16-44)33(45)43-41-22-23-19-26(35(38,39)40)21-28(37)20-23/h1-3,5-14,19-21,31,41,44H,4,15-18,22H2,(H,43,45)/t31-,34-/m0/s1. The number of halogens is 5. The SMILES string of the molecule is O=C(NNCc1cc(F)cc(C(F)(F)F)c1)[C@@]1(CCS(=O)(=O)c2ccccc2)N=C(c2ccc(OCCCO)cc2)O[C@H]1c1ccc(Br)cc1. The molecule has 4 aromatic carbocycles. The lowest BCUT2D eigenvalue weighted by molar-refractivity contribution is -0.138. The second-order valence-corrected chi connectivity index (χ2v) is 14.4. The van der Waals surface area contributed by atoms with Crippen LogP contribution in [0.4, 0.5) is 17.6 Å². The number of rotatable bonds is 14. The lowest BCUT2D eigenvalue weighted by atomic mass is 9.85. The van der Waals surface area contributed by atoms with Crippen molar-refractivity contribution in [2.75, 3.05) is 19.0 Å². The summed E-state index contributed by atoms with van der Waals surface area (Å²) in [7, 11) is -3.93. The average molecular weight is 779 g/mol. The van der Waals surface area contributed by atoms with Crippen LogP contribution in [-0.2, 0) is 32.1 Å². The third-order valence-electron chi connectivity index (χ3n) is 7.84. The van der Waals surface area contributed by atoms with E-state index in [4.69, 9.17) is 19.6 Å². The number of hydrogen-bond donors (Lipinski definition) is 3. The zero-order valence-electron chi connectivity index (χ0n) is 26.3. The van der Waals surface area contributed by atoms with E-state index in [0.29, 0.717) is 29.4 Å². The molecular weight excluding hydrogens is 746 g/mol. The first-order valence-electron chi connectivity index (χ1n) is 15.3. The second-order valence-electron chi connectivity index (χ2n) is 11.4. The van der Waals surface area contributed by atoms with E-state index in [0.717, 1.165) is 16.6 Å². The van der Waals surface area contributed by atoms with Crippen molar-refractivity contribution in [2.24, 2.45) is 4.99 Å². The highest BCUT2D eigenvalue weighted by Crippen LogP contribution is 2.43. The molecule has 0 unspecified atom stereocenters. The van der Waals surface area contributed by atoms with E-state index in [1.165, 1.54) is 12.1 Å². The number of carbonyl (C=O) groups is 1. The Morgan fingerprint density at radius 1 is 1.00 bits per heavy atom. The van der Waals surface area contributed by atoms with Gasteiger partial charge in [0.25, 0.3) is 5.91 Å². The first-order valence-corrected chi connectivity index (χ1v) is 17.8. The normalized spacial score (nSPS) is 17.6. The Bertz CT molecular complexity index is 1930. The molecule has 0 fully saturated rings. The monoisotopic (exact) mass is 777 g/mol. The number of aliphatic hydroxyl groups excluding tert-OH is 1. The van der Waals surface area contributed by atoms with E-state index < -0.39 is 57.2 Å². The Balaban J connectivity index is 1.51. The number of aliphatic imine (C=N–C) groups is 1. The van der Waals surface area contributed by atoms with Crippen LogP contribution in [0.2, 0.25) is 0 Å². The van der Waals surface area contributed by atoms with E-state index in [1.54, 1.807) is 66.7 Å². The summed E-state index contributed by atoms with van der Waals surface area (Å²) in [6.45, 7) is -0.142. The van der Waals surface area contributed by atoms with Crippen LogP contribution in [0.15, 0.2) is 111 Å². The van der Waals surface area contributed by atoms with Crippen molar-refractivity contribution in [3.05, 3.63) is 130 Å². The molecule has 1 heterocycles. The molecule has 3 N–H and O–H groups in total. The molecule has 5 rings (SSSR count). The number of nitrogens with zero attached hydrogens (tertiary/aromatic N) is 1. The van der Waals surface area contributed by atoms with E-state index in [-0.39, 0.29) is 36.0 Å². The molecule has 0 aliphatic carbocycles. The Morgan fingerprint density at radius 3 is 2.36 bits per heavy atom. The van der Waals surface area contributed by atoms with Gasteiger partial charge in [0.15, 0.2) is 21.5 Å². The van der Waals surface area contributed by atoms with Gasteiger partial charge >= 0.3 is 6.18 Å². The lowest BCUT2D eigenvalue weighted by Gasteiger charge is -2.30. The van der Waals surface area contributed by atoms with Crippen LogP contribution in [0.5, 0.6) is 5.75 Å². The average Bonchev–Trinajstić information content (AvgIpc) is 3.49. The van der Waals surface area contributed by atoms with Gasteiger partial charge in [-0.15, -0.1) is 0 Å². The number of hydrogen-bond acceptors (Lipinski definition) is 8. The number of hydrazine groups is 1. The molecule has 0 saturated heterocycles. The molecule has 0 spiro atoms. The summed E-state index contributed by atoms with van der Waals surface area (Å²) in [6, 6.07) is 23.2. The number of benzene rings is 4. The van der Waals surface area contributed by atoms with Crippen molar-refractivity contribution in [3.8, 4) is 5.75 Å². The minimum Gasteiger partial charge on any atom is -0.494 e. The quantitative estimate of drug-likeness (QED) is 0.0779. The zero-order chi connectivity index (χ0) is 35.9. The van der Waals surface area contributed by atoms with Crippen molar-refractivity contribution in [3.63, 3.8) is 0 Å². The minimum atomic E-state index is -4.79. The summed E-state index contributed by atoms with van der Waals surface area (Å²) in [6.07, 6.45) is -5.86. The van der Waals surface area contributed by atoms with Gasteiger partial charge in [-0.3, -0.25) is 10.2 Å². The maximum Gasteiger partial charge on any atom is 0.416 e. The van der Waals surface area contributed by atoms with Crippen molar-refractivity contribution >= 4 is 37.6 Å². The highest BCUT2D eigenvalue weighted by atomic mass is 79.9. The summed E-state index contributed by atoms with van der Waals surface area (Å²) in [5.41, 5.74) is 2.76. The third kappa shape index (κ3) is 8.88. The van der Waals surface area contributed by atoms with Gasteiger partial charge in [0.1, 0.15) is 11.6 Å². The number of sulfone groups is 1. The molecule has 0 bridgehead atoms. The summed E-state index contributed by atoms with van der Waals surface area (Å²) in [4.78, 5) is 19.1. The van der Waals surface area contributed by atoms with Gasteiger partial charge < -0.3 is 14.6 Å². The maximum absolute atomic E-state index is 14.3. The van der Waals surface area contributed by atoms with Crippen molar-refractivity contribution in [2.45, 2.75) is 42.1 Å². The van der Waals surface area contributed by atoms with Gasteiger partial charge in [-0.25, -0.2) is 23.2 Å². The molecule has 264 valence electrons. The fourth-order valence-electron chi connectivity index (χ4n) is 5.29. The molecule has 0 aromatic heterocycles. The van der Waals surface area contributed by atoms with E-state index in [1.807, 2.05) is 0 Å². The predicted octanol–water partition coefficient (Wildman–Crippen LogP) is 6.31. The van der Waals surface area contributed by atoms with E-state index >= 15 is 0 Å². The zero-order valence-corrected chi connectivity index (χ0v) is 28.7. The molecule has 0 radical (unpaired) electrons. The predicted molar refractivity (Wildman–Crippen MR) is 180 cm³/mol. The van der Waals surface area contributed by atoms with Gasteiger partial charge in [-0.05, 0) is 77.9 Å². The van der Waals surface area contributed by atoms with E-state index in [9.17, 15) is 30.8 Å². The van der Waals surface area contributed by atoms with Crippen LogP contribution in [0, 0.1) is 5.82 Å². The fraction of sp³-hybridized carbons (Fsp3) is 0.257. The van der Waals surface area contributed by atoms with Gasteiger partial charge in [-0.1, -0.05) is 46.3 Å². The maximum atomic E-state index is 14.3. The first kappa shape index (κ1) is 37.0. The third-order valence-corrected chi connectivity index (χ3v) is 10.1. The number of ether oxygens (including phenoxy) is 2. The highest BCUT2D eigenvalue weighted by Gasteiger charge is 2.53. The summed E-state index contributed by atoms with van der Waals surface area (Å²) in [5, 5.41) is 9.04. The van der Waals surface area contributed by atoms with Crippen LogP contribution in [-0.4, -0.2) is 49.8 Å². The molecule has 1 aliphatic heterocycles. The molecule has 1 aliphatic rings. The molecule has 2 atom stereocenters.